The standard InChI is InChI=1S/C5H12N2O2S/c1-6-10(8,9)7(2)5-3-4-5/h5-6H,3-4H2,1-2H3. The van der Waals surface area contributed by atoms with Crippen LogP contribution >= 0.6 is 0 Å². The zero-order valence-corrected chi connectivity index (χ0v) is 6.98. The van der Waals surface area contributed by atoms with Gasteiger partial charge in [0.05, 0.1) is 0 Å². The molecule has 0 bridgehead atoms. The summed E-state index contributed by atoms with van der Waals surface area (Å²) < 4.78 is 25.6. The summed E-state index contributed by atoms with van der Waals surface area (Å²) >= 11 is 0. The van der Waals surface area contributed by atoms with Gasteiger partial charge in [0.2, 0.25) is 0 Å². The van der Waals surface area contributed by atoms with E-state index in [0.717, 1.165) is 12.8 Å². The Morgan fingerprint density at radius 1 is 1.50 bits per heavy atom. The third-order valence-corrected chi connectivity index (χ3v) is 3.27. The molecule has 0 radical (unpaired) electrons. The molecule has 1 fully saturated rings. The highest BCUT2D eigenvalue weighted by Gasteiger charge is 2.32. The van der Waals surface area contributed by atoms with E-state index in [4.69, 9.17) is 0 Å². The maximum Gasteiger partial charge on any atom is 0.279 e. The van der Waals surface area contributed by atoms with E-state index in [0.29, 0.717) is 0 Å². The molecule has 0 atom stereocenters. The maximum atomic E-state index is 11.0. The molecule has 0 aromatic rings. The lowest BCUT2D eigenvalue weighted by Crippen LogP contribution is -2.37. The van der Waals surface area contributed by atoms with Crippen molar-refractivity contribution in [1.29, 1.82) is 0 Å². The van der Waals surface area contributed by atoms with Gasteiger partial charge in [0.15, 0.2) is 0 Å². The smallest absolute Gasteiger partial charge is 0.205 e. The second-order valence-corrected chi connectivity index (χ2v) is 4.39. The maximum absolute atomic E-state index is 11.0. The molecule has 0 saturated heterocycles. The Hall–Kier alpha value is -0.130. The zero-order chi connectivity index (χ0) is 7.78. The summed E-state index contributed by atoms with van der Waals surface area (Å²) in [6, 6.07) is 0.248. The van der Waals surface area contributed by atoms with Crippen LogP contribution < -0.4 is 4.72 Å². The van der Waals surface area contributed by atoms with Gasteiger partial charge in [-0.05, 0) is 12.8 Å². The predicted octanol–water partition coefficient (Wildman–Crippen LogP) is -0.455. The van der Waals surface area contributed by atoms with E-state index in [1.165, 1.54) is 11.4 Å². The van der Waals surface area contributed by atoms with Crippen LogP contribution in [0.3, 0.4) is 0 Å². The Balaban J connectivity index is 2.62. The first-order valence-electron chi connectivity index (χ1n) is 3.24. The molecule has 0 amide bonds. The number of nitrogens with zero attached hydrogens (tertiary/aromatic N) is 1. The highest BCUT2D eigenvalue weighted by Crippen LogP contribution is 2.26. The first-order valence-corrected chi connectivity index (χ1v) is 4.68. The van der Waals surface area contributed by atoms with E-state index in [9.17, 15) is 8.42 Å². The van der Waals surface area contributed by atoms with Crippen molar-refractivity contribution >= 4 is 10.2 Å². The average molecular weight is 164 g/mol. The van der Waals surface area contributed by atoms with Crippen LogP contribution in [0.15, 0.2) is 0 Å². The minimum Gasteiger partial charge on any atom is -0.205 e. The van der Waals surface area contributed by atoms with Crippen molar-refractivity contribution in [2.75, 3.05) is 14.1 Å². The van der Waals surface area contributed by atoms with Gasteiger partial charge in [-0.1, -0.05) is 0 Å². The molecule has 1 aliphatic rings. The van der Waals surface area contributed by atoms with Crippen molar-refractivity contribution in [3.8, 4) is 0 Å². The minimum absolute atomic E-state index is 0.248. The van der Waals surface area contributed by atoms with Crippen molar-refractivity contribution in [3.05, 3.63) is 0 Å². The SMILES string of the molecule is CNS(=O)(=O)N(C)C1CC1. The van der Waals surface area contributed by atoms with Gasteiger partial charge in [0.1, 0.15) is 0 Å². The van der Waals surface area contributed by atoms with Gasteiger partial charge in [-0.2, -0.15) is 12.7 Å². The molecule has 1 aliphatic carbocycles. The van der Waals surface area contributed by atoms with E-state index in [1.54, 1.807) is 7.05 Å². The van der Waals surface area contributed by atoms with Gasteiger partial charge in [-0.3, -0.25) is 0 Å². The van der Waals surface area contributed by atoms with E-state index in [1.807, 2.05) is 0 Å². The molecule has 0 heterocycles. The number of rotatable bonds is 3. The second kappa shape index (κ2) is 2.48. The van der Waals surface area contributed by atoms with Gasteiger partial charge in [0, 0.05) is 20.1 Å². The summed E-state index contributed by atoms with van der Waals surface area (Å²) in [7, 11) is -0.126. The fraction of sp³-hybridized carbons (Fsp3) is 1.00. The van der Waals surface area contributed by atoms with Crippen LogP contribution in [0.5, 0.6) is 0 Å². The highest BCUT2D eigenvalue weighted by molar-refractivity contribution is 7.87. The molecule has 1 rings (SSSR count). The molecular weight excluding hydrogens is 152 g/mol. The van der Waals surface area contributed by atoms with Crippen LogP contribution in [0.1, 0.15) is 12.8 Å². The molecule has 1 saturated carbocycles. The van der Waals surface area contributed by atoms with Crippen molar-refractivity contribution in [2.45, 2.75) is 18.9 Å². The predicted molar refractivity (Wildman–Crippen MR) is 38.8 cm³/mol. The molecule has 0 spiro atoms. The second-order valence-electron chi connectivity index (χ2n) is 2.46. The first-order chi connectivity index (χ1) is 4.58. The van der Waals surface area contributed by atoms with Crippen LogP contribution in [0, 0.1) is 0 Å². The molecule has 0 aromatic heterocycles. The van der Waals surface area contributed by atoms with E-state index >= 15 is 0 Å². The average Bonchev–Trinajstić information content (AvgIpc) is 2.68. The topological polar surface area (TPSA) is 49.4 Å². The van der Waals surface area contributed by atoms with Crippen LogP contribution in [0.4, 0.5) is 0 Å². The Kier molecular flexibility index (Phi) is 1.98. The Morgan fingerprint density at radius 3 is 2.30 bits per heavy atom. The van der Waals surface area contributed by atoms with Gasteiger partial charge in [-0.25, -0.2) is 4.72 Å². The van der Waals surface area contributed by atoms with Gasteiger partial charge < -0.3 is 0 Å². The van der Waals surface area contributed by atoms with E-state index in [-0.39, 0.29) is 6.04 Å². The van der Waals surface area contributed by atoms with E-state index < -0.39 is 10.2 Å². The molecule has 0 aliphatic heterocycles. The van der Waals surface area contributed by atoms with Gasteiger partial charge in [0.25, 0.3) is 10.2 Å². The van der Waals surface area contributed by atoms with Gasteiger partial charge in [-0.15, -0.1) is 0 Å². The lowest BCUT2D eigenvalue weighted by molar-refractivity contribution is 0.457. The molecule has 1 N–H and O–H groups in total. The molecule has 0 aromatic carbocycles. The molecule has 10 heavy (non-hydrogen) atoms. The third-order valence-electron chi connectivity index (χ3n) is 1.70. The first kappa shape index (κ1) is 7.97. The molecular formula is C5H12N2O2S. The van der Waals surface area contributed by atoms with Crippen LogP contribution in [-0.4, -0.2) is 32.9 Å². The molecule has 60 valence electrons. The van der Waals surface area contributed by atoms with Gasteiger partial charge >= 0.3 is 0 Å². The number of hydrogen-bond acceptors (Lipinski definition) is 2. The summed E-state index contributed by atoms with van der Waals surface area (Å²) in [5.41, 5.74) is 0. The zero-order valence-electron chi connectivity index (χ0n) is 6.16. The molecule has 4 nitrogen and oxygen atoms in total. The van der Waals surface area contributed by atoms with Crippen molar-refractivity contribution in [1.82, 2.24) is 9.03 Å². The normalized spacial score (nSPS) is 19.9. The summed E-state index contributed by atoms with van der Waals surface area (Å²) in [6.07, 6.45) is 1.99. The number of nitrogens with one attached hydrogen (secondary N) is 1. The van der Waals surface area contributed by atoms with Crippen LogP contribution in [0.2, 0.25) is 0 Å². The fourth-order valence-electron chi connectivity index (χ4n) is 0.778. The number of hydrogen-bond donors (Lipinski definition) is 1. The molecule has 5 heteroatoms. The summed E-state index contributed by atoms with van der Waals surface area (Å²) in [5, 5.41) is 0. The summed E-state index contributed by atoms with van der Waals surface area (Å²) in [6.45, 7) is 0. The highest BCUT2D eigenvalue weighted by atomic mass is 32.2. The Morgan fingerprint density at radius 2 is 2.00 bits per heavy atom. The summed E-state index contributed by atoms with van der Waals surface area (Å²) in [4.78, 5) is 0. The van der Waals surface area contributed by atoms with Crippen LogP contribution in [0.25, 0.3) is 0 Å². The third kappa shape index (κ3) is 1.47. The molecule has 0 unspecified atom stereocenters. The lowest BCUT2D eigenvalue weighted by Gasteiger charge is -2.14. The van der Waals surface area contributed by atoms with Crippen molar-refractivity contribution in [2.24, 2.45) is 0 Å². The van der Waals surface area contributed by atoms with Crippen molar-refractivity contribution < 1.29 is 8.42 Å². The monoisotopic (exact) mass is 164 g/mol. The lowest BCUT2D eigenvalue weighted by atomic mass is 10.7. The summed E-state index contributed by atoms with van der Waals surface area (Å²) in [5.74, 6) is 0. The Labute approximate surface area is 61.4 Å². The van der Waals surface area contributed by atoms with E-state index in [2.05, 4.69) is 4.72 Å². The van der Waals surface area contributed by atoms with Crippen LogP contribution in [-0.2, 0) is 10.2 Å². The Bertz CT molecular complexity index is 208. The largest absolute Gasteiger partial charge is 0.279 e. The minimum atomic E-state index is -3.15. The quantitative estimate of drug-likeness (QED) is 0.614. The fourth-order valence-corrected chi connectivity index (χ4v) is 1.67. The van der Waals surface area contributed by atoms with Crippen molar-refractivity contribution in [3.63, 3.8) is 0 Å².